The van der Waals surface area contributed by atoms with Gasteiger partial charge in [-0.1, -0.05) is 0 Å². The molecule has 0 saturated heterocycles. The Morgan fingerprint density at radius 1 is 0.815 bits per heavy atom. The van der Waals surface area contributed by atoms with Crippen LogP contribution >= 0.6 is 22.6 Å². The van der Waals surface area contributed by atoms with Gasteiger partial charge in [0.15, 0.2) is 0 Å². The monoisotopic (exact) mass is 496 g/mol. The summed E-state index contributed by atoms with van der Waals surface area (Å²) >= 11 is 2.13. The summed E-state index contributed by atoms with van der Waals surface area (Å²) in [5.74, 6) is -0.843. The lowest BCUT2D eigenvalue weighted by atomic mass is 10.2. The maximum Gasteiger partial charge on any atom is 0.261 e. The van der Waals surface area contributed by atoms with Crippen molar-refractivity contribution in [2.24, 2.45) is 0 Å². The highest BCUT2D eigenvalue weighted by atomic mass is 127. The molecule has 138 valence electrons. The molecule has 0 saturated carbocycles. The first-order valence-corrected chi connectivity index (χ1v) is 10.3. The average molecular weight is 496 g/mol. The quantitative estimate of drug-likeness (QED) is 0.512. The number of carbonyl (C=O) groups excluding carboxylic acids is 1. The van der Waals surface area contributed by atoms with Gasteiger partial charge in [-0.3, -0.25) is 9.52 Å². The van der Waals surface area contributed by atoms with Crippen molar-refractivity contribution in [3.05, 3.63) is 87.7 Å². The molecule has 3 aromatic rings. The zero-order valence-electron chi connectivity index (χ0n) is 13.8. The van der Waals surface area contributed by atoms with Crippen molar-refractivity contribution < 1.29 is 17.6 Å². The molecule has 0 heterocycles. The minimum Gasteiger partial charge on any atom is -0.322 e. The number of nitrogens with one attached hydrogen (secondary N) is 2. The second-order valence-electron chi connectivity index (χ2n) is 5.60. The fraction of sp³-hybridized carbons (Fsp3) is 0. The third-order valence-corrected chi connectivity index (χ3v) is 5.74. The molecule has 0 unspecified atom stereocenters. The number of benzene rings is 3. The zero-order chi connectivity index (χ0) is 19.4. The molecular weight excluding hydrogens is 482 g/mol. The molecule has 0 spiro atoms. The molecule has 0 atom stereocenters. The van der Waals surface area contributed by atoms with E-state index in [0.717, 1.165) is 3.57 Å². The van der Waals surface area contributed by atoms with Crippen molar-refractivity contribution in [2.45, 2.75) is 4.90 Å². The number of halogens is 2. The summed E-state index contributed by atoms with van der Waals surface area (Å²) in [7, 11) is -3.74. The second kappa shape index (κ2) is 8.05. The maximum absolute atomic E-state index is 12.9. The Bertz CT molecular complexity index is 1050. The van der Waals surface area contributed by atoms with Gasteiger partial charge in [-0.15, -0.1) is 0 Å². The first-order valence-electron chi connectivity index (χ1n) is 7.79. The summed E-state index contributed by atoms with van der Waals surface area (Å²) in [4.78, 5) is 12.2. The molecular formula is C19H14FIN2O3S. The molecule has 3 rings (SSSR count). The lowest BCUT2D eigenvalue weighted by Gasteiger charge is -2.10. The van der Waals surface area contributed by atoms with Crippen LogP contribution < -0.4 is 10.0 Å². The molecule has 27 heavy (non-hydrogen) atoms. The van der Waals surface area contributed by atoms with E-state index in [1.165, 1.54) is 48.5 Å². The minimum atomic E-state index is -3.74. The zero-order valence-corrected chi connectivity index (χ0v) is 16.8. The van der Waals surface area contributed by atoms with Crippen LogP contribution in [0, 0.1) is 9.39 Å². The molecule has 0 aromatic heterocycles. The molecule has 0 fully saturated rings. The van der Waals surface area contributed by atoms with E-state index in [4.69, 9.17) is 0 Å². The predicted octanol–water partition coefficient (Wildman–Crippen LogP) is 4.48. The van der Waals surface area contributed by atoms with Crippen molar-refractivity contribution in [1.29, 1.82) is 0 Å². The second-order valence-corrected chi connectivity index (χ2v) is 8.53. The third kappa shape index (κ3) is 5.04. The van der Waals surface area contributed by atoms with Crippen LogP contribution in [0.3, 0.4) is 0 Å². The number of hydrogen-bond donors (Lipinski definition) is 2. The van der Waals surface area contributed by atoms with Gasteiger partial charge in [-0.05, 0) is 95.4 Å². The predicted molar refractivity (Wildman–Crippen MR) is 111 cm³/mol. The summed E-state index contributed by atoms with van der Waals surface area (Å²) in [6, 6.07) is 17.9. The molecule has 5 nitrogen and oxygen atoms in total. The number of carbonyl (C=O) groups is 1. The molecule has 2 N–H and O–H groups in total. The van der Waals surface area contributed by atoms with Crippen LogP contribution in [0.15, 0.2) is 77.7 Å². The number of hydrogen-bond acceptors (Lipinski definition) is 3. The van der Waals surface area contributed by atoms with E-state index in [9.17, 15) is 17.6 Å². The van der Waals surface area contributed by atoms with E-state index >= 15 is 0 Å². The number of rotatable bonds is 5. The van der Waals surface area contributed by atoms with E-state index in [-0.39, 0.29) is 4.90 Å². The topological polar surface area (TPSA) is 75.3 Å². The van der Waals surface area contributed by atoms with Crippen LogP contribution in [0.1, 0.15) is 10.4 Å². The number of sulfonamides is 1. The third-order valence-electron chi connectivity index (χ3n) is 3.63. The van der Waals surface area contributed by atoms with Gasteiger partial charge in [0.25, 0.3) is 15.9 Å². The van der Waals surface area contributed by atoms with Crippen molar-refractivity contribution >= 4 is 49.9 Å². The van der Waals surface area contributed by atoms with E-state index in [0.29, 0.717) is 16.9 Å². The van der Waals surface area contributed by atoms with Crippen LogP contribution in [0.2, 0.25) is 0 Å². The van der Waals surface area contributed by atoms with Gasteiger partial charge < -0.3 is 5.32 Å². The molecule has 1 amide bonds. The van der Waals surface area contributed by atoms with E-state index in [1.807, 2.05) is 0 Å². The first-order chi connectivity index (χ1) is 12.8. The summed E-state index contributed by atoms with van der Waals surface area (Å²) < 4.78 is 41.3. The lowest BCUT2D eigenvalue weighted by molar-refractivity contribution is 0.102. The lowest BCUT2D eigenvalue weighted by Crippen LogP contribution is -2.14. The van der Waals surface area contributed by atoms with Crippen molar-refractivity contribution in [2.75, 3.05) is 10.0 Å². The largest absolute Gasteiger partial charge is 0.322 e. The summed E-state index contributed by atoms with van der Waals surface area (Å²) in [5, 5.41) is 2.63. The molecule has 8 heteroatoms. The first kappa shape index (κ1) is 19.3. The molecule has 0 aliphatic heterocycles. The Kier molecular flexibility index (Phi) is 5.76. The van der Waals surface area contributed by atoms with Crippen molar-refractivity contribution in [3.63, 3.8) is 0 Å². The van der Waals surface area contributed by atoms with E-state index < -0.39 is 21.7 Å². The van der Waals surface area contributed by atoms with Crippen LogP contribution in [0.4, 0.5) is 15.8 Å². The Morgan fingerprint density at radius 3 is 1.96 bits per heavy atom. The Labute approximate surface area is 169 Å². The highest BCUT2D eigenvalue weighted by Gasteiger charge is 2.14. The standard InChI is InChI=1S/C19H14FIN2O3S/c20-14-3-1-13(2-4-14)19(24)22-16-9-11-18(12-10-16)27(25,26)23-17-7-5-15(21)6-8-17/h1-12,23H,(H,22,24). The maximum atomic E-state index is 12.9. The van der Waals surface area contributed by atoms with Gasteiger partial charge in [0, 0.05) is 20.5 Å². The summed E-state index contributed by atoms with van der Waals surface area (Å²) in [6.45, 7) is 0. The van der Waals surface area contributed by atoms with Crippen LogP contribution in [-0.2, 0) is 10.0 Å². The Hall–Kier alpha value is -2.46. The van der Waals surface area contributed by atoms with Crippen molar-refractivity contribution in [1.82, 2.24) is 0 Å². The fourth-order valence-corrected chi connectivity index (χ4v) is 3.67. The Balaban J connectivity index is 1.71. The number of anilines is 2. The van der Waals surface area contributed by atoms with Crippen LogP contribution in [-0.4, -0.2) is 14.3 Å². The summed E-state index contributed by atoms with van der Waals surface area (Å²) in [5.41, 5.74) is 1.19. The van der Waals surface area contributed by atoms with Crippen LogP contribution in [0.25, 0.3) is 0 Å². The highest BCUT2D eigenvalue weighted by molar-refractivity contribution is 14.1. The van der Waals surface area contributed by atoms with E-state index in [2.05, 4.69) is 32.6 Å². The Morgan fingerprint density at radius 2 is 1.37 bits per heavy atom. The summed E-state index contributed by atoms with van der Waals surface area (Å²) in [6.07, 6.45) is 0. The van der Waals surface area contributed by atoms with Gasteiger partial charge in [-0.2, -0.15) is 0 Å². The smallest absolute Gasteiger partial charge is 0.261 e. The van der Waals surface area contributed by atoms with Gasteiger partial charge >= 0.3 is 0 Å². The van der Waals surface area contributed by atoms with Gasteiger partial charge in [0.1, 0.15) is 5.82 Å². The molecule has 0 aliphatic carbocycles. The minimum absolute atomic E-state index is 0.0702. The van der Waals surface area contributed by atoms with Crippen LogP contribution in [0.5, 0.6) is 0 Å². The normalized spacial score (nSPS) is 11.0. The highest BCUT2D eigenvalue weighted by Crippen LogP contribution is 2.19. The molecule has 3 aromatic carbocycles. The van der Waals surface area contributed by atoms with Gasteiger partial charge in [0.05, 0.1) is 4.90 Å². The number of amides is 1. The molecule has 0 radical (unpaired) electrons. The fourth-order valence-electron chi connectivity index (χ4n) is 2.25. The van der Waals surface area contributed by atoms with Gasteiger partial charge in [-0.25, -0.2) is 12.8 Å². The van der Waals surface area contributed by atoms with Crippen molar-refractivity contribution in [3.8, 4) is 0 Å². The molecule has 0 bridgehead atoms. The average Bonchev–Trinajstić information content (AvgIpc) is 2.64. The van der Waals surface area contributed by atoms with E-state index in [1.54, 1.807) is 24.3 Å². The molecule has 0 aliphatic rings. The van der Waals surface area contributed by atoms with Gasteiger partial charge in [0.2, 0.25) is 0 Å². The SMILES string of the molecule is O=C(Nc1ccc(S(=O)(=O)Nc2ccc(I)cc2)cc1)c1ccc(F)cc1.